The number of hydrogen-bond donors (Lipinski definition) is 2. The third kappa shape index (κ3) is 2.08. The van der Waals surface area contributed by atoms with Crippen molar-refractivity contribution >= 4 is 6.03 Å². The van der Waals surface area contributed by atoms with Crippen molar-refractivity contribution in [3.8, 4) is 0 Å². The van der Waals surface area contributed by atoms with E-state index in [9.17, 15) is 18.7 Å². The molecule has 2 unspecified atom stereocenters. The number of halogens is 2. The Labute approximate surface area is 120 Å². The molecular weight excluding hydrogens is 282 g/mol. The number of alkyl halides is 2. The first-order valence-corrected chi connectivity index (χ1v) is 7.06. The molecule has 2 amide bonds. The number of rotatable bonds is 0. The summed E-state index contributed by atoms with van der Waals surface area (Å²) in [7, 11) is 0. The quantitative estimate of drug-likeness (QED) is 0.700. The van der Waals surface area contributed by atoms with E-state index in [0.29, 0.717) is 42.1 Å². The van der Waals surface area contributed by atoms with Crippen LogP contribution in [0, 0.1) is 0 Å². The topological polar surface area (TPSA) is 84.4 Å². The molecule has 116 valence electrons. The molecule has 8 heteroatoms. The Morgan fingerprint density at radius 1 is 1.48 bits per heavy atom. The number of nitrogens with zero attached hydrogens (tertiary/aromatic N) is 3. The van der Waals surface area contributed by atoms with E-state index < -0.39 is 24.2 Å². The van der Waals surface area contributed by atoms with E-state index >= 15 is 0 Å². The first-order chi connectivity index (χ1) is 9.82. The Kier molecular flexibility index (Phi) is 3.16. The normalized spacial score (nSPS) is 27.7. The molecule has 0 aliphatic carbocycles. The molecule has 1 aromatic rings. The maximum absolute atomic E-state index is 14.7. The lowest BCUT2D eigenvalue weighted by atomic mass is 9.96. The van der Waals surface area contributed by atoms with Gasteiger partial charge in [-0.25, -0.2) is 4.79 Å². The van der Waals surface area contributed by atoms with Crippen molar-refractivity contribution in [1.82, 2.24) is 14.7 Å². The summed E-state index contributed by atoms with van der Waals surface area (Å²) in [6.07, 6.45) is 0.983. The molecule has 3 heterocycles. The predicted octanol–water partition coefficient (Wildman–Crippen LogP) is 0.955. The average molecular weight is 300 g/mol. The molecule has 0 radical (unpaired) electrons. The second kappa shape index (κ2) is 4.66. The van der Waals surface area contributed by atoms with Crippen LogP contribution in [0.1, 0.15) is 36.7 Å². The highest BCUT2D eigenvalue weighted by molar-refractivity contribution is 5.74. The fourth-order valence-corrected chi connectivity index (χ4v) is 3.32. The summed E-state index contributed by atoms with van der Waals surface area (Å²) in [5, 5.41) is 14.0. The average Bonchev–Trinajstić information content (AvgIpc) is 2.61. The van der Waals surface area contributed by atoms with E-state index in [1.807, 2.05) is 0 Å². The Morgan fingerprint density at radius 3 is 2.86 bits per heavy atom. The first-order valence-electron chi connectivity index (χ1n) is 7.06. The van der Waals surface area contributed by atoms with Gasteiger partial charge in [0.05, 0.1) is 23.1 Å². The van der Waals surface area contributed by atoms with Crippen molar-refractivity contribution in [3.05, 3.63) is 17.0 Å². The van der Waals surface area contributed by atoms with Crippen molar-refractivity contribution in [2.24, 2.45) is 5.73 Å². The number of aryl methyl sites for hydroxylation is 1. The molecule has 3 N–H and O–H groups in total. The van der Waals surface area contributed by atoms with Gasteiger partial charge in [0.15, 0.2) is 0 Å². The molecule has 2 atom stereocenters. The van der Waals surface area contributed by atoms with Crippen LogP contribution >= 0.6 is 0 Å². The van der Waals surface area contributed by atoms with Crippen LogP contribution in [-0.2, 0) is 25.4 Å². The van der Waals surface area contributed by atoms with Crippen LogP contribution in [0.5, 0.6) is 0 Å². The molecule has 1 aromatic heterocycles. The van der Waals surface area contributed by atoms with Crippen LogP contribution in [0.3, 0.4) is 0 Å². The molecule has 0 saturated heterocycles. The minimum absolute atomic E-state index is 0.200. The largest absolute Gasteiger partial charge is 0.393 e. The second-order valence-electron chi connectivity index (χ2n) is 5.78. The highest BCUT2D eigenvalue weighted by atomic mass is 19.3. The number of aliphatic hydroxyl groups excluding tert-OH is 1. The monoisotopic (exact) mass is 300 g/mol. The highest BCUT2D eigenvalue weighted by Crippen LogP contribution is 2.43. The first kappa shape index (κ1) is 14.2. The zero-order valence-corrected chi connectivity index (χ0v) is 11.7. The summed E-state index contributed by atoms with van der Waals surface area (Å²) < 4.78 is 31.0. The lowest BCUT2D eigenvalue weighted by molar-refractivity contribution is -0.149. The zero-order valence-electron chi connectivity index (χ0n) is 11.7. The van der Waals surface area contributed by atoms with Gasteiger partial charge in [0.2, 0.25) is 0 Å². The molecule has 0 saturated carbocycles. The number of urea groups is 1. The SMILES string of the molecule is CC1Cc2nn3c(c2C(F)(F)N1C(N)=O)CCC(O)CC3. The van der Waals surface area contributed by atoms with Gasteiger partial charge in [0.25, 0.3) is 0 Å². The van der Waals surface area contributed by atoms with Crippen molar-refractivity contribution in [2.45, 2.75) is 57.3 Å². The maximum atomic E-state index is 14.7. The van der Waals surface area contributed by atoms with Crippen molar-refractivity contribution in [1.29, 1.82) is 0 Å². The van der Waals surface area contributed by atoms with Gasteiger partial charge in [-0.3, -0.25) is 9.58 Å². The summed E-state index contributed by atoms with van der Waals surface area (Å²) in [5.74, 6) is 0. The molecule has 3 rings (SSSR count). The molecule has 2 aliphatic rings. The third-order valence-electron chi connectivity index (χ3n) is 4.29. The number of amides is 2. The van der Waals surface area contributed by atoms with Gasteiger partial charge in [-0.05, 0) is 26.2 Å². The van der Waals surface area contributed by atoms with Gasteiger partial charge in [-0.1, -0.05) is 0 Å². The highest BCUT2D eigenvalue weighted by Gasteiger charge is 2.52. The lowest BCUT2D eigenvalue weighted by Crippen LogP contribution is -2.55. The smallest absolute Gasteiger partial charge is 0.360 e. The van der Waals surface area contributed by atoms with Crippen molar-refractivity contribution in [3.63, 3.8) is 0 Å². The van der Waals surface area contributed by atoms with Crippen LogP contribution < -0.4 is 5.73 Å². The van der Waals surface area contributed by atoms with Crippen LogP contribution in [0.2, 0.25) is 0 Å². The number of aromatic nitrogens is 2. The van der Waals surface area contributed by atoms with Gasteiger partial charge in [-0.15, -0.1) is 0 Å². The minimum atomic E-state index is -3.46. The van der Waals surface area contributed by atoms with Crippen LogP contribution in [0.25, 0.3) is 0 Å². The Bertz CT molecular complexity index is 587. The van der Waals surface area contributed by atoms with Crippen LogP contribution in [0.15, 0.2) is 0 Å². The number of primary amides is 1. The molecule has 0 fully saturated rings. The summed E-state index contributed by atoms with van der Waals surface area (Å²) in [6, 6.07) is -5.29. The summed E-state index contributed by atoms with van der Waals surface area (Å²) in [5.41, 5.74) is 5.66. The second-order valence-corrected chi connectivity index (χ2v) is 5.78. The van der Waals surface area contributed by atoms with Crippen LogP contribution in [-0.4, -0.2) is 38.0 Å². The molecule has 21 heavy (non-hydrogen) atoms. The van der Waals surface area contributed by atoms with Gasteiger partial charge in [-0.2, -0.15) is 13.9 Å². The Hall–Kier alpha value is -1.70. The van der Waals surface area contributed by atoms with E-state index in [-0.39, 0.29) is 12.0 Å². The zero-order chi connectivity index (χ0) is 15.4. The number of carbonyl (C=O) groups excluding carboxylic acids is 1. The van der Waals surface area contributed by atoms with Crippen LogP contribution in [0.4, 0.5) is 13.6 Å². The number of carbonyl (C=O) groups is 1. The summed E-state index contributed by atoms with van der Waals surface area (Å²) >= 11 is 0. The van der Waals surface area contributed by atoms with Gasteiger partial charge in [0, 0.05) is 19.0 Å². The Morgan fingerprint density at radius 2 is 2.19 bits per heavy atom. The fourth-order valence-electron chi connectivity index (χ4n) is 3.32. The van der Waals surface area contributed by atoms with E-state index in [4.69, 9.17) is 5.73 Å². The molecule has 6 nitrogen and oxygen atoms in total. The number of hydrogen-bond acceptors (Lipinski definition) is 3. The molecule has 0 spiro atoms. The number of fused-ring (bicyclic) bond motifs is 3. The molecular formula is C13H18F2N4O2. The summed E-state index contributed by atoms with van der Waals surface area (Å²) in [4.78, 5) is 11.8. The van der Waals surface area contributed by atoms with E-state index in [0.717, 1.165) is 0 Å². The van der Waals surface area contributed by atoms with Crippen molar-refractivity contribution < 1.29 is 18.7 Å². The van der Waals surface area contributed by atoms with Gasteiger partial charge < -0.3 is 10.8 Å². The predicted molar refractivity (Wildman–Crippen MR) is 69.7 cm³/mol. The van der Waals surface area contributed by atoms with Gasteiger partial charge >= 0.3 is 12.1 Å². The minimum Gasteiger partial charge on any atom is -0.393 e. The third-order valence-corrected chi connectivity index (χ3v) is 4.29. The molecule has 0 bridgehead atoms. The lowest BCUT2D eigenvalue weighted by Gasteiger charge is -2.38. The molecule has 2 aliphatic heterocycles. The van der Waals surface area contributed by atoms with Gasteiger partial charge in [0.1, 0.15) is 0 Å². The number of aliphatic hydroxyl groups is 1. The van der Waals surface area contributed by atoms with Crippen molar-refractivity contribution in [2.75, 3.05) is 0 Å². The van der Waals surface area contributed by atoms with E-state index in [1.54, 1.807) is 4.68 Å². The van der Waals surface area contributed by atoms with E-state index in [2.05, 4.69) is 5.10 Å². The number of nitrogens with two attached hydrogens (primary N) is 1. The fraction of sp³-hybridized carbons (Fsp3) is 0.692. The summed E-state index contributed by atoms with van der Waals surface area (Å²) in [6.45, 7) is 1.94. The standard InChI is InChI=1S/C13H18F2N4O2/c1-7-6-9-11(13(14,15)19(7)12(16)21)10-3-2-8(20)4-5-18(10)17-9/h7-8,20H,2-6H2,1H3,(H2,16,21). The van der Waals surface area contributed by atoms with E-state index in [1.165, 1.54) is 6.92 Å². The maximum Gasteiger partial charge on any atom is 0.360 e. The Balaban J connectivity index is 2.11. The molecule has 0 aromatic carbocycles.